The van der Waals surface area contributed by atoms with Gasteiger partial charge < -0.3 is 5.32 Å². The van der Waals surface area contributed by atoms with Crippen molar-refractivity contribution in [3.8, 4) is 5.13 Å². The second-order valence-electron chi connectivity index (χ2n) is 7.60. The van der Waals surface area contributed by atoms with Crippen LogP contribution in [0.3, 0.4) is 0 Å². The fraction of sp³-hybridized carbons (Fsp3) is 0.208. The monoisotopic (exact) mass is 432 g/mol. The third kappa shape index (κ3) is 4.51. The molecule has 0 atom stereocenters. The molecule has 0 saturated carbocycles. The molecule has 7 heteroatoms. The fourth-order valence-electron chi connectivity index (χ4n) is 3.38. The number of hydrogen-bond acceptors (Lipinski definition) is 4. The van der Waals surface area contributed by atoms with Gasteiger partial charge in [0.25, 0.3) is 11.5 Å². The molecule has 158 valence electrons. The van der Waals surface area contributed by atoms with Gasteiger partial charge in [0.2, 0.25) is 5.13 Å². The molecule has 4 rings (SSSR count). The number of amides is 1. The van der Waals surface area contributed by atoms with Gasteiger partial charge in [0.1, 0.15) is 4.88 Å². The number of H-pyrrole nitrogens is 1. The molecule has 0 bridgehead atoms. The van der Waals surface area contributed by atoms with E-state index in [1.54, 1.807) is 6.92 Å². The summed E-state index contributed by atoms with van der Waals surface area (Å²) in [7, 11) is 0. The number of rotatable bonds is 6. The Hall–Kier alpha value is -3.45. The number of benzene rings is 2. The van der Waals surface area contributed by atoms with Crippen LogP contribution in [0.25, 0.3) is 5.13 Å². The smallest absolute Gasteiger partial charge is 0.277 e. The van der Waals surface area contributed by atoms with E-state index in [9.17, 15) is 9.59 Å². The summed E-state index contributed by atoms with van der Waals surface area (Å²) in [6.07, 6.45) is 0.545. The molecule has 6 nitrogen and oxygen atoms in total. The van der Waals surface area contributed by atoms with Crippen LogP contribution in [-0.2, 0) is 13.0 Å². The Morgan fingerprint density at radius 2 is 1.74 bits per heavy atom. The number of thiazole rings is 1. The number of nitrogens with zero attached hydrogens (tertiary/aromatic N) is 2. The summed E-state index contributed by atoms with van der Waals surface area (Å²) in [5, 5.41) is 6.51. The summed E-state index contributed by atoms with van der Waals surface area (Å²) in [4.78, 5) is 30.7. The zero-order valence-electron chi connectivity index (χ0n) is 17.7. The predicted octanol–water partition coefficient (Wildman–Crippen LogP) is 4.07. The quantitative estimate of drug-likeness (QED) is 0.482. The number of aromatic amines is 1. The maximum absolute atomic E-state index is 13.1. The Morgan fingerprint density at radius 3 is 2.45 bits per heavy atom. The third-order valence-electron chi connectivity index (χ3n) is 5.17. The maximum Gasteiger partial charge on any atom is 0.277 e. The van der Waals surface area contributed by atoms with E-state index in [2.05, 4.69) is 15.4 Å². The second-order valence-corrected chi connectivity index (χ2v) is 8.58. The minimum absolute atomic E-state index is 0.136. The number of nitrogens with one attached hydrogen (secondary N) is 2. The first-order valence-electron chi connectivity index (χ1n) is 10.1. The Kier molecular flexibility index (Phi) is 5.86. The first-order valence-corrected chi connectivity index (χ1v) is 10.9. The molecular formula is C24H24N4O2S. The third-order valence-corrected chi connectivity index (χ3v) is 6.32. The summed E-state index contributed by atoms with van der Waals surface area (Å²) >= 11 is 1.21. The van der Waals surface area contributed by atoms with Gasteiger partial charge in [-0.3, -0.25) is 14.7 Å². The summed E-state index contributed by atoms with van der Waals surface area (Å²) in [6, 6.07) is 17.9. The number of aryl methyl sites for hydroxylation is 3. The number of aromatic nitrogens is 3. The van der Waals surface area contributed by atoms with E-state index in [1.807, 2.05) is 68.4 Å². The standard InChI is InChI=1S/C24H24N4O2S/c1-15-9-11-18(12-10-15)13-20-16(2)27-28(23(20)30)24-26-17(3)21(31-24)22(29)25-14-19-7-5-4-6-8-19/h4-12,27H,13-14H2,1-3H3,(H,25,29). The van der Waals surface area contributed by atoms with Crippen molar-refractivity contribution in [2.45, 2.75) is 33.7 Å². The van der Waals surface area contributed by atoms with Crippen LogP contribution in [0.5, 0.6) is 0 Å². The van der Waals surface area contributed by atoms with Crippen molar-refractivity contribution >= 4 is 17.2 Å². The fourth-order valence-corrected chi connectivity index (χ4v) is 4.32. The largest absolute Gasteiger partial charge is 0.347 e. The van der Waals surface area contributed by atoms with Crippen LogP contribution in [0.4, 0.5) is 0 Å². The van der Waals surface area contributed by atoms with E-state index in [0.29, 0.717) is 34.2 Å². The molecule has 2 N–H and O–H groups in total. The van der Waals surface area contributed by atoms with Gasteiger partial charge in [-0.05, 0) is 31.9 Å². The summed E-state index contributed by atoms with van der Waals surface area (Å²) < 4.78 is 1.44. The van der Waals surface area contributed by atoms with Crippen LogP contribution in [0.15, 0.2) is 59.4 Å². The Bertz CT molecular complexity index is 1270. The van der Waals surface area contributed by atoms with Crippen LogP contribution < -0.4 is 10.9 Å². The molecule has 0 saturated heterocycles. The Labute approximate surface area is 184 Å². The summed E-state index contributed by atoms with van der Waals surface area (Å²) in [5.74, 6) is -0.193. The van der Waals surface area contributed by atoms with Gasteiger partial charge >= 0.3 is 0 Å². The molecule has 31 heavy (non-hydrogen) atoms. The summed E-state index contributed by atoms with van der Waals surface area (Å²) in [5.41, 5.74) is 5.25. The van der Waals surface area contributed by atoms with Crippen molar-refractivity contribution in [3.63, 3.8) is 0 Å². The molecule has 2 aromatic carbocycles. The van der Waals surface area contributed by atoms with E-state index >= 15 is 0 Å². The van der Waals surface area contributed by atoms with Gasteiger partial charge in [0.05, 0.1) is 5.69 Å². The lowest BCUT2D eigenvalue weighted by Gasteiger charge is -2.03. The molecule has 0 aliphatic heterocycles. The minimum Gasteiger partial charge on any atom is -0.347 e. The average Bonchev–Trinajstić information content (AvgIpc) is 3.29. The lowest BCUT2D eigenvalue weighted by molar-refractivity contribution is 0.0954. The molecule has 0 unspecified atom stereocenters. The van der Waals surface area contributed by atoms with E-state index in [0.717, 1.165) is 16.8 Å². The van der Waals surface area contributed by atoms with Crippen molar-refractivity contribution in [2.24, 2.45) is 0 Å². The van der Waals surface area contributed by atoms with Gasteiger partial charge in [0.15, 0.2) is 0 Å². The van der Waals surface area contributed by atoms with Crippen molar-refractivity contribution < 1.29 is 4.79 Å². The van der Waals surface area contributed by atoms with Crippen LogP contribution in [-0.4, -0.2) is 20.7 Å². The summed E-state index contributed by atoms with van der Waals surface area (Å²) in [6.45, 7) is 6.14. The predicted molar refractivity (Wildman–Crippen MR) is 123 cm³/mol. The van der Waals surface area contributed by atoms with Gasteiger partial charge in [-0.1, -0.05) is 71.5 Å². The molecule has 2 aromatic heterocycles. The second kappa shape index (κ2) is 8.73. The molecule has 0 aliphatic carbocycles. The first-order chi connectivity index (χ1) is 14.9. The lowest BCUT2D eigenvalue weighted by atomic mass is 10.0. The van der Waals surface area contributed by atoms with Gasteiger partial charge in [0, 0.05) is 24.2 Å². The van der Waals surface area contributed by atoms with Crippen LogP contribution in [0.2, 0.25) is 0 Å². The molecule has 4 aromatic rings. The first kappa shape index (κ1) is 20.8. The molecule has 0 radical (unpaired) electrons. The zero-order chi connectivity index (χ0) is 22.0. The van der Waals surface area contributed by atoms with E-state index < -0.39 is 0 Å². The normalized spacial score (nSPS) is 10.9. The topological polar surface area (TPSA) is 79.8 Å². The molecule has 0 fully saturated rings. The van der Waals surface area contributed by atoms with Crippen LogP contribution >= 0.6 is 11.3 Å². The molecule has 2 heterocycles. The Morgan fingerprint density at radius 1 is 1.03 bits per heavy atom. The van der Waals surface area contributed by atoms with Crippen molar-refractivity contribution in [2.75, 3.05) is 0 Å². The van der Waals surface area contributed by atoms with Crippen molar-refractivity contribution in [1.29, 1.82) is 0 Å². The van der Waals surface area contributed by atoms with Crippen molar-refractivity contribution in [1.82, 2.24) is 20.1 Å². The van der Waals surface area contributed by atoms with Gasteiger partial charge in [-0.25, -0.2) is 4.98 Å². The number of hydrogen-bond donors (Lipinski definition) is 2. The lowest BCUT2D eigenvalue weighted by Crippen LogP contribution is -2.22. The van der Waals surface area contributed by atoms with Crippen molar-refractivity contribution in [3.05, 3.63) is 103 Å². The van der Waals surface area contributed by atoms with Gasteiger partial charge in [-0.2, -0.15) is 4.68 Å². The highest BCUT2D eigenvalue weighted by molar-refractivity contribution is 7.16. The average molecular weight is 433 g/mol. The van der Waals surface area contributed by atoms with Crippen LogP contribution in [0.1, 0.15) is 43.3 Å². The molecular weight excluding hydrogens is 408 g/mol. The highest BCUT2D eigenvalue weighted by atomic mass is 32.1. The van der Waals surface area contributed by atoms with Gasteiger partial charge in [-0.15, -0.1) is 0 Å². The van der Waals surface area contributed by atoms with E-state index in [-0.39, 0.29) is 11.5 Å². The molecule has 0 aliphatic rings. The highest BCUT2D eigenvalue weighted by Crippen LogP contribution is 2.21. The molecule has 0 spiro atoms. The number of carbonyl (C=O) groups excluding carboxylic acids is 1. The van der Waals surface area contributed by atoms with E-state index in [4.69, 9.17) is 0 Å². The maximum atomic E-state index is 13.1. The Balaban J connectivity index is 1.56. The highest BCUT2D eigenvalue weighted by Gasteiger charge is 2.20. The minimum atomic E-state index is -0.193. The van der Waals surface area contributed by atoms with Crippen LogP contribution in [0, 0.1) is 20.8 Å². The SMILES string of the molecule is Cc1ccc(Cc2c(C)[nH]n(-c3nc(C)c(C(=O)NCc4ccccc4)s3)c2=O)cc1. The zero-order valence-corrected chi connectivity index (χ0v) is 18.5. The van der Waals surface area contributed by atoms with E-state index in [1.165, 1.54) is 21.6 Å². The number of carbonyl (C=O) groups is 1. The molecule has 1 amide bonds.